The van der Waals surface area contributed by atoms with Crippen LogP contribution in [0.25, 0.3) is 0 Å². The number of methoxy groups -OCH3 is 2. The molecule has 15 nitrogen and oxygen atoms in total. The number of anilines is 2. The number of primary amides is 1. The number of nitrogens with two attached hydrogens (primary N) is 1. The monoisotopic (exact) mass is 660 g/mol. The van der Waals surface area contributed by atoms with Crippen molar-refractivity contribution >= 4 is 35.4 Å². The minimum absolute atomic E-state index is 0.0313. The number of urea groups is 3. The molecule has 2 heterocycles. The van der Waals surface area contributed by atoms with Crippen LogP contribution in [0.4, 0.5) is 34.5 Å². The number of aliphatic hydroxyl groups is 1. The zero-order valence-electron chi connectivity index (χ0n) is 25.8. The number of imide groups is 1. The quantitative estimate of drug-likeness (QED) is 0.145. The minimum atomic E-state index is -1.65. The molecule has 0 aliphatic carbocycles. The van der Waals surface area contributed by atoms with Crippen LogP contribution >= 0.6 is 0 Å². The summed E-state index contributed by atoms with van der Waals surface area (Å²) in [4.78, 5) is 52.3. The summed E-state index contributed by atoms with van der Waals surface area (Å²) in [5, 5.41) is 24.3. The van der Waals surface area contributed by atoms with Gasteiger partial charge in [-0.05, 0) is 42.7 Å². The van der Waals surface area contributed by atoms with E-state index in [0.29, 0.717) is 25.3 Å². The molecule has 17 heteroatoms. The summed E-state index contributed by atoms with van der Waals surface area (Å²) in [6, 6.07) is 6.41. The number of benzene rings is 2. The Morgan fingerprint density at radius 1 is 1.04 bits per heavy atom. The van der Waals surface area contributed by atoms with E-state index in [1.54, 1.807) is 12.1 Å². The normalized spacial score (nSPS) is 18.3. The third-order valence-corrected chi connectivity index (χ3v) is 7.69. The summed E-state index contributed by atoms with van der Waals surface area (Å²) in [6.45, 7) is 1.66. The number of rotatable bonds is 10. The number of nitrogens with zero attached hydrogens (tertiary/aromatic N) is 2. The van der Waals surface area contributed by atoms with E-state index in [1.165, 1.54) is 13.2 Å². The van der Waals surface area contributed by atoms with Crippen molar-refractivity contribution in [3.8, 4) is 0 Å². The highest BCUT2D eigenvalue weighted by atomic mass is 19.2. The third kappa shape index (κ3) is 8.63. The van der Waals surface area contributed by atoms with Crippen LogP contribution in [0.2, 0.25) is 0 Å². The molecule has 6 amide bonds. The number of hydrogen-bond donors (Lipinski definition) is 7. The summed E-state index contributed by atoms with van der Waals surface area (Å²) >= 11 is 0. The number of halogens is 2. The van der Waals surface area contributed by atoms with Crippen LogP contribution in [0.15, 0.2) is 53.7 Å². The lowest BCUT2D eigenvalue weighted by Crippen LogP contribution is -2.59. The van der Waals surface area contributed by atoms with Crippen molar-refractivity contribution in [3.05, 3.63) is 70.9 Å². The molecule has 0 bridgehead atoms. The molecule has 0 radical (unpaired) electrons. The van der Waals surface area contributed by atoms with Gasteiger partial charge >= 0.3 is 24.1 Å². The summed E-state index contributed by atoms with van der Waals surface area (Å²) < 4.78 is 38.2. The van der Waals surface area contributed by atoms with Crippen LogP contribution < -0.4 is 37.2 Å². The minimum Gasteiger partial charge on any atom is -0.466 e. The number of carbonyl (C=O) groups is 4. The number of ether oxygens (including phenoxy) is 2. The van der Waals surface area contributed by atoms with Gasteiger partial charge in [0.2, 0.25) is 6.35 Å². The molecular weight excluding hydrogens is 622 g/mol. The van der Waals surface area contributed by atoms with Gasteiger partial charge in [0, 0.05) is 39.3 Å². The first-order chi connectivity index (χ1) is 22.5. The molecule has 8 N–H and O–H groups in total. The van der Waals surface area contributed by atoms with E-state index in [-0.39, 0.29) is 36.0 Å². The van der Waals surface area contributed by atoms with Gasteiger partial charge in [-0.25, -0.2) is 28.0 Å². The van der Waals surface area contributed by atoms with Gasteiger partial charge in [0.1, 0.15) is 0 Å². The average molecular weight is 661 g/mol. The topological polar surface area (TPSA) is 200 Å². The Hall–Kier alpha value is -5.00. The number of aliphatic hydroxyl groups excluding tert-OH is 1. The largest absolute Gasteiger partial charge is 0.466 e. The molecule has 0 aromatic heterocycles. The summed E-state index contributed by atoms with van der Waals surface area (Å²) in [5.74, 6) is -3.17. The summed E-state index contributed by atoms with van der Waals surface area (Å²) in [7, 11) is 2.50. The Morgan fingerprint density at radius 2 is 1.77 bits per heavy atom. The second-order valence-electron chi connectivity index (χ2n) is 10.7. The molecule has 2 aromatic rings. The van der Waals surface area contributed by atoms with Crippen LogP contribution in [0, 0.1) is 11.6 Å². The molecule has 2 aromatic carbocycles. The lowest BCUT2D eigenvalue weighted by molar-refractivity contribution is -0.138. The van der Waals surface area contributed by atoms with Crippen molar-refractivity contribution in [2.24, 2.45) is 5.73 Å². The average Bonchev–Trinajstić information content (AvgIpc) is 3.04. The van der Waals surface area contributed by atoms with Crippen LogP contribution in [-0.4, -0.2) is 93.5 Å². The van der Waals surface area contributed by atoms with Gasteiger partial charge in [0.15, 0.2) is 11.6 Å². The number of hydrogen-bond acceptors (Lipinski definition) is 10. The first-order valence-electron chi connectivity index (χ1n) is 14.7. The van der Waals surface area contributed by atoms with Gasteiger partial charge < -0.3 is 46.5 Å². The zero-order chi connectivity index (χ0) is 34.1. The van der Waals surface area contributed by atoms with Crippen molar-refractivity contribution in [2.75, 3.05) is 57.2 Å². The number of amides is 6. The maximum Gasteiger partial charge on any atom is 0.338 e. The van der Waals surface area contributed by atoms with E-state index >= 15 is 0 Å². The second-order valence-corrected chi connectivity index (χ2v) is 10.7. The fourth-order valence-electron chi connectivity index (χ4n) is 5.58. The Labute approximate surface area is 269 Å². The molecule has 4 rings (SSSR count). The Bertz CT molecular complexity index is 1500. The summed E-state index contributed by atoms with van der Waals surface area (Å²) in [5.41, 5.74) is 6.36. The molecule has 0 spiro atoms. The highest BCUT2D eigenvalue weighted by molar-refractivity contribution is 6.01. The van der Waals surface area contributed by atoms with Crippen LogP contribution in [0.1, 0.15) is 24.4 Å². The highest BCUT2D eigenvalue weighted by Gasteiger charge is 2.42. The zero-order valence-corrected chi connectivity index (χ0v) is 25.8. The smallest absolute Gasteiger partial charge is 0.338 e. The van der Waals surface area contributed by atoms with Gasteiger partial charge in [0.25, 0.3) is 0 Å². The first kappa shape index (κ1) is 34.9. The predicted octanol–water partition coefficient (Wildman–Crippen LogP) is 1.43. The molecule has 2 aliphatic rings. The van der Waals surface area contributed by atoms with Crippen LogP contribution in [0.3, 0.4) is 0 Å². The van der Waals surface area contributed by atoms with Crippen LogP contribution in [0.5, 0.6) is 0 Å². The van der Waals surface area contributed by atoms with E-state index in [4.69, 9.17) is 15.2 Å². The molecule has 1 fully saturated rings. The Kier molecular flexibility index (Phi) is 11.9. The fourth-order valence-corrected chi connectivity index (χ4v) is 5.58. The maximum absolute atomic E-state index is 14.3. The Balaban J connectivity index is 1.37. The summed E-state index contributed by atoms with van der Waals surface area (Å²) in [6.07, 6.45) is -0.153. The second kappa shape index (κ2) is 16.0. The van der Waals surface area contributed by atoms with Crippen molar-refractivity contribution in [1.29, 1.82) is 0 Å². The highest BCUT2D eigenvalue weighted by Crippen LogP contribution is 2.36. The molecule has 254 valence electrons. The van der Waals surface area contributed by atoms with Crippen molar-refractivity contribution in [1.82, 2.24) is 26.2 Å². The SMILES string of the molecule is COCC1=C(C(=O)OC)C(c2ccc(F)c(F)c2)N(C(=O)NCCNC2CCN(c3ccccc3NC(=O)NC(N)=O)CC2)C(O)N1. The molecule has 2 unspecified atom stereocenters. The molecule has 2 atom stereocenters. The van der Waals surface area contributed by atoms with Gasteiger partial charge in [-0.2, -0.15) is 0 Å². The molecular formula is C30H38F2N8O7. The van der Waals surface area contributed by atoms with E-state index < -0.39 is 48.1 Å². The van der Waals surface area contributed by atoms with E-state index in [2.05, 4.69) is 26.2 Å². The van der Waals surface area contributed by atoms with Gasteiger partial charge in [0.05, 0.1) is 42.4 Å². The van der Waals surface area contributed by atoms with Crippen LogP contribution in [-0.2, 0) is 14.3 Å². The fraction of sp³-hybridized carbons (Fsp3) is 0.400. The van der Waals surface area contributed by atoms with E-state index in [0.717, 1.165) is 42.7 Å². The lowest BCUT2D eigenvalue weighted by atomic mass is 9.93. The molecule has 1 saturated heterocycles. The number of piperidine rings is 1. The number of esters is 1. The maximum atomic E-state index is 14.3. The van der Waals surface area contributed by atoms with Gasteiger partial charge in [-0.1, -0.05) is 18.2 Å². The predicted molar refractivity (Wildman–Crippen MR) is 166 cm³/mol. The standard InChI is InChI=1S/C30H38F2N8O7/c1-46-16-22-24(26(41)47-2)25(17-7-8-19(31)20(32)15-17)40(30(45)37-22)29(44)35-12-11-34-18-9-13-39(14-10-18)23-6-4-3-5-21(23)36-28(43)38-27(33)42/h3-8,15,18,25,30,34,37,45H,9-14,16H2,1-2H3,(H,35,44)(H4,33,36,38,42,43). The third-order valence-electron chi connectivity index (χ3n) is 7.69. The molecule has 47 heavy (non-hydrogen) atoms. The van der Waals surface area contributed by atoms with E-state index in [9.17, 15) is 33.1 Å². The number of carbonyl (C=O) groups excluding carboxylic acids is 4. The van der Waals surface area contributed by atoms with E-state index in [1.807, 2.05) is 17.4 Å². The van der Waals surface area contributed by atoms with Gasteiger partial charge in [-0.3, -0.25) is 10.2 Å². The van der Waals surface area contributed by atoms with Crippen molar-refractivity contribution in [2.45, 2.75) is 31.3 Å². The lowest BCUT2D eigenvalue weighted by Gasteiger charge is -2.42. The van der Waals surface area contributed by atoms with Gasteiger partial charge in [-0.15, -0.1) is 0 Å². The van der Waals surface area contributed by atoms with Crippen molar-refractivity contribution in [3.63, 3.8) is 0 Å². The van der Waals surface area contributed by atoms with Crippen molar-refractivity contribution < 1.29 is 42.5 Å². The number of nitrogens with one attached hydrogen (secondary N) is 5. The molecule has 0 saturated carbocycles. The Morgan fingerprint density at radius 3 is 2.43 bits per heavy atom. The number of para-hydroxylation sites is 2. The molecule has 2 aliphatic heterocycles. The first-order valence-corrected chi connectivity index (χ1v) is 14.7.